The van der Waals surface area contributed by atoms with Crippen molar-refractivity contribution in [3.8, 4) is 5.06 Å². The number of hydrogen-bond acceptors (Lipinski definition) is 3. The fourth-order valence-corrected chi connectivity index (χ4v) is 2.80. The molecule has 1 aromatic rings. The SMILES string of the molecule is COc1ccc(CNCC2(C)CCC2)s1. The van der Waals surface area contributed by atoms with Gasteiger partial charge in [0, 0.05) is 18.0 Å². The first-order valence-corrected chi connectivity index (χ1v) is 6.37. The maximum atomic E-state index is 5.17. The van der Waals surface area contributed by atoms with E-state index in [1.165, 1.54) is 24.1 Å². The fourth-order valence-electron chi connectivity index (χ4n) is 2.01. The zero-order valence-corrected chi connectivity index (χ0v) is 10.3. The zero-order chi connectivity index (χ0) is 10.7. The van der Waals surface area contributed by atoms with Gasteiger partial charge < -0.3 is 10.1 Å². The zero-order valence-electron chi connectivity index (χ0n) is 9.51. The molecule has 0 unspecified atom stereocenters. The van der Waals surface area contributed by atoms with Gasteiger partial charge in [-0.1, -0.05) is 13.3 Å². The summed E-state index contributed by atoms with van der Waals surface area (Å²) >= 11 is 1.72. The lowest BCUT2D eigenvalue weighted by atomic mass is 9.70. The second-order valence-corrected chi connectivity index (χ2v) is 5.82. The van der Waals surface area contributed by atoms with Crippen molar-refractivity contribution in [2.75, 3.05) is 13.7 Å². The smallest absolute Gasteiger partial charge is 0.173 e. The molecule has 1 fully saturated rings. The Morgan fingerprint density at radius 3 is 2.80 bits per heavy atom. The van der Waals surface area contributed by atoms with Crippen LogP contribution in [0.15, 0.2) is 12.1 Å². The number of rotatable bonds is 5. The largest absolute Gasteiger partial charge is 0.487 e. The van der Waals surface area contributed by atoms with Gasteiger partial charge in [0.05, 0.1) is 7.11 Å². The van der Waals surface area contributed by atoms with Crippen molar-refractivity contribution in [2.45, 2.75) is 32.7 Å². The summed E-state index contributed by atoms with van der Waals surface area (Å²) < 4.78 is 5.17. The topological polar surface area (TPSA) is 21.3 Å². The molecule has 0 saturated heterocycles. The van der Waals surface area contributed by atoms with Crippen molar-refractivity contribution in [3.05, 3.63) is 17.0 Å². The van der Waals surface area contributed by atoms with Crippen LogP contribution in [0, 0.1) is 5.41 Å². The van der Waals surface area contributed by atoms with Crippen LogP contribution < -0.4 is 10.1 Å². The van der Waals surface area contributed by atoms with E-state index in [2.05, 4.69) is 18.3 Å². The number of nitrogens with one attached hydrogen (secondary N) is 1. The molecule has 1 aromatic heterocycles. The van der Waals surface area contributed by atoms with Gasteiger partial charge in [0.25, 0.3) is 0 Å². The van der Waals surface area contributed by atoms with Crippen LogP contribution in [0.4, 0.5) is 0 Å². The van der Waals surface area contributed by atoms with Crippen LogP contribution in [-0.4, -0.2) is 13.7 Å². The summed E-state index contributed by atoms with van der Waals surface area (Å²) in [6.45, 7) is 4.50. The van der Waals surface area contributed by atoms with Gasteiger partial charge in [-0.3, -0.25) is 0 Å². The minimum atomic E-state index is 0.571. The molecule has 2 rings (SSSR count). The monoisotopic (exact) mass is 225 g/mol. The van der Waals surface area contributed by atoms with E-state index in [4.69, 9.17) is 4.74 Å². The average Bonchev–Trinajstić information content (AvgIpc) is 2.63. The molecule has 2 nitrogen and oxygen atoms in total. The summed E-state index contributed by atoms with van der Waals surface area (Å²) in [5.74, 6) is 0. The van der Waals surface area contributed by atoms with Crippen LogP contribution in [0.25, 0.3) is 0 Å². The van der Waals surface area contributed by atoms with E-state index >= 15 is 0 Å². The second-order valence-electron chi connectivity index (χ2n) is 4.69. The Morgan fingerprint density at radius 2 is 2.27 bits per heavy atom. The van der Waals surface area contributed by atoms with Crippen LogP contribution in [0.2, 0.25) is 0 Å². The number of thiophene rings is 1. The lowest BCUT2D eigenvalue weighted by Crippen LogP contribution is -2.36. The van der Waals surface area contributed by atoms with Crippen molar-refractivity contribution >= 4 is 11.3 Å². The van der Waals surface area contributed by atoms with Gasteiger partial charge in [0.1, 0.15) is 0 Å². The van der Waals surface area contributed by atoms with Crippen molar-refractivity contribution in [1.29, 1.82) is 0 Å². The van der Waals surface area contributed by atoms with Crippen LogP contribution in [0.3, 0.4) is 0 Å². The van der Waals surface area contributed by atoms with E-state index in [1.807, 2.05) is 6.07 Å². The highest BCUT2D eigenvalue weighted by atomic mass is 32.1. The maximum Gasteiger partial charge on any atom is 0.173 e. The van der Waals surface area contributed by atoms with Gasteiger partial charge in [-0.2, -0.15) is 0 Å². The molecule has 1 aliphatic rings. The summed E-state index contributed by atoms with van der Waals surface area (Å²) in [5, 5.41) is 4.54. The molecule has 0 atom stereocenters. The molecule has 1 saturated carbocycles. The predicted molar refractivity (Wildman–Crippen MR) is 64.5 cm³/mol. The molecule has 0 aromatic carbocycles. The lowest BCUT2D eigenvalue weighted by Gasteiger charge is -2.38. The normalized spacial score (nSPS) is 18.5. The molecule has 1 heterocycles. The number of methoxy groups -OCH3 is 1. The van der Waals surface area contributed by atoms with Crippen LogP contribution in [0.1, 0.15) is 31.1 Å². The molecule has 0 radical (unpaired) electrons. The highest BCUT2D eigenvalue weighted by Crippen LogP contribution is 2.39. The molecule has 0 bridgehead atoms. The third-order valence-electron chi connectivity index (χ3n) is 3.25. The molecule has 0 spiro atoms. The Balaban J connectivity index is 1.73. The molecule has 84 valence electrons. The molecular weight excluding hydrogens is 206 g/mol. The quantitative estimate of drug-likeness (QED) is 0.831. The van der Waals surface area contributed by atoms with Gasteiger partial charge in [-0.05, 0) is 30.4 Å². The van der Waals surface area contributed by atoms with E-state index < -0.39 is 0 Å². The number of ether oxygens (including phenoxy) is 1. The van der Waals surface area contributed by atoms with Crippen LogP contribution in [-0.2, 0) is 6.54 Å². The van der Waals surface area contributed by atoms with Crippen LogP contribution >= 0.6 is 11.3 Å². The molecule has 0 aliphatic heterocycles. The van der Waals surface area contributed by atoms with Gasteiger partial charge in [-0.25, -0.2) is 0 Å². The summed E-state index contributed by atoms with van der Waals surface area (Å²) in [6, 6.07) is 4.17. The molecular formula is C12H19NOS. The average molecular weight is 225 g/mol. The van der Waals surface area contributed by atoms with E-state index in [9.17, 15) is 0 Å². The highest BCUT2D eigenvalue weighted by Gasteiger charge is 2.30. The molecule has 1 N–H and O–H groups in total. The highest BCUT2D eigenvalue weighted by molar-refractivity contribution is 7.13. The van der Waals surface area contributed by atoms with E-state index in [1.54, 1.807) is 18.4 Å². The Hall–Kier alpha value is -0.540. The van der Waals surface area contributed by atoms with Crippen molar-refractivity contribution < 1.29 is 4.74 Å². The Morgan fingerprint density at radius 1 is 1.47 bits per heavy atom. The Kier molecular flexibility index (Phi) is 3.32. The third-order valence-corrected chi connectivity index (χ3v) is 4.30. The molecule has 15 heavy (non-hydrogen) atoms. The predicted octanol–water partition coefficient (Wildman–Crippen LogP) is 3.04. The van der Waals surface area contributed by atoms with Gasteiger partial charge >= 0.3 is 0 Å². The third kappa shape index (κ3) is 2.73. The van der Waals surface area contributed by atoms with Gasteiger partial charge in [0.15, 0.2) is 5.06 Å². The summed E-state index contributed by atoms with van der Waals surface area (Å²) in [7, 11) is 1.72. The Bertz CT molecular complexity index is 317. The summed E-state index contributed by atoms with van der Waals surface area (Å²) in [5.41, 5.74) is 0.571. The van der Waals surface area contributed by atoms with Crippen molar-refractivity contribution in [2.24, 2.45) is 5.41 Å². The van der Waals surface area contributed by atoms with Crippen LogP contribution in [0.5, 0.6) is 5.06 Å². The number of hydrogen-bond donors (Lipinski definition) is 1. The van der Waals surface area contributed by atoms with E-state index in [-0.39, 0.29) is 0 Å². The summed E-state index contributed by atoms with van der Waals surface area (Å²) in [4.78, 5) is 1.36. The first kappa shape index (κ1) is 11.0. The molecule has 1 aliphatic carbocycles. The first-order chi connectivity index (χ1) is 7.22. The minimum absolute atomic E-state index is 0.571. The molecule has 0 amide bonds. The standard InChI is InChI=1S/C12H19NOS/c1-12(6-3-7-12)9-13-8-10-4-5-11(14-2)15-10/h4-5,13H,3,6-9H2,1-2H3. The maximum absolute atomic E-state index is 5.17. The van der Waals surface area contributed by atoms with Crippen molar-refractivity contribution in [1.82, 2.24) is 5.32 Å². The lowest BCUT2D eigenvalue weighted by molar-refractivity contribution is 0.156. The van der Waals surface area contributed by atoms with E-state index in [0.717, 1.165) is 18.2 Å². The van der Waals surface area contributed by atoms with Gasteiger partial charge in [-0.15, -0.1) is 11.3 Å². The second kappa shape index (κ2) is 4.54. The van der Waals surface area contributed by atoms with Crippen molar-refractivity contribution in [3.63, 3.8) is 0 Å². The molecule has 3 heteroatoms. The first-order valence-electron chi connectivity index (χ1n) is 5.55. The fraction of sp³-hybridized carbons (Fsp3) is 0.667. The van der Waals surface area contributed by atoms with E-state index in [0.29, 0.717) is 5.41 Å². The van der Waals surface area contributed by atoms with Gasteiger partial charge in [0.2, 0.25) is 0 Å². The minimum Gasteiger partial charge on any atom is -0.487 e. The Labute approximate surface area is 95.6 Å². The summed E-state index contributed by atoms with van der Waals surface area (Å²) in [6.07, 6.45) is 4.17.